The molecule has 0 spiro atoms. The first kappa shape index (κ1) is 9.98. The van der Waals surface area contributed by atoms with Crippen LogP contribution in [0.3, 0.4) is 0 Å². The van der Waals surface area contributed by atoms with Crippen LogP contribution in [0.1, 0.15) is 22.3 Å². The maximum Gasteiger partial charge on any atom is 0.234 e. The number of benzene rings is 1. The van der Waals surface area contributed by atoms with E-state index in [4.69, 9.17) is 0 Å². The van der Waals surface area contributed by atoms with E-state index in [9.17, 15) is 19.2 Å². The highest BCUT2D eigenvalue weighted by Gasteiger charge is 2.10. The summed E-state index contributed by atoms with van der Waals surface area (Å²) in [6, 6.07) is 2.08. The van der Waals surface area contributed by atoms with Crippen molar-refractivity contribution in [2.75, 3.05) is 0 Å². The summed E-state index contributed by atoms with van der Waals surface area (Å²) in [7, 11) is 0. The Bertz CT molecular complexity index is 333. The smallest absolute Gasteiger partial charge is 0.234 e. The summed E-state index contributed by atoms with van der Waals surface area (Å²) in [5.74, 6) is 0. The summed E-state index contributed by atoms with van der Waals surface area (Å²) in [6.07, 6.45) is 5.81. The van der Waals surface area contributed by atoms with E-state index < -0.39 is 0 Å². The van der Waals surface area contributed by atoms with Crippen LogP contribution in [-0.4, -0.2) is 25.1 Å². The highest BCUT2D eigenvalue weighted by atomic mass is 16.1. The van der Waals surface area contributed by atoms with Gasteiger partial charge in [0.25, 0.3) is 0 Å². The average Bonchev–Trinajstić information content (AvgIpc) is 2.26. The van der Waals surface area contributed by atoms with Gasteiger partial charge in [-0.3, -0.25) is 19.2 Å². The molecule has 66 valence electrons. The van der Waals surface area contributed by atoms with Gasteiger partial charge in [0, 0.05) is 22.3 Å². The fraction of sp³-hybridized carbons (Fsp3) is 0. The minimum atomic E-state index is -0.127. The zero-order chi connectivity index (χ0) is 10.6. The topological polar surface area (TPSA) is 68.3 Å². The molecule has 4 radical (unpaired) electrons. The van der Waals surface area contributed by atoms with Gasteiger partial charge in [-0.25, -0.2) is 0 Å². The Kier molecular flexibility index (Phi) is 3.01. The molecule has 0 unspecified atom stereocenters. The second kappa shape index (κ2) is 4.23. The predicted molar refractivity (Wildman–Crippen MR) is 45.6 cm³/mol. The fourth-order valence-corrected chi connectivity index (χ4v) is 0.937. The van der Waals surface area contributed by atoms with Gasteiger partial charge >= 0.3 is 0 Å². The van der Waals surface area contributed by atoms with E-state index in [-0.39, 0.29) is 22.3 Å². The van der Waals surface area contributed by atoms with Crippen LogP contribution in [-0.2, 0) is 19.2 Å². The van der Waals surface area contributed by atoms with Gasteiger partial charge in [-0.05, 0) is 12.1 Å². The van der Waals surface area contributed by atoms with E-state index in [2.05, 4.69) is 0 Å². The quantitative estimate of drug-likeness (QED) is 0.636. The van der Waals surface area contributed by atoms with Crippen molar-refractivity contribution in [2.45, 2.75) is 0 Å². The Morgan fingerprint density at radius 2 is 0.786 bits per heavy atom. The van der Waals surface area contributed by atoms with Crippen molar-refractivity contribution < 1.29 is 19.2 Å². The maximum atomic E-state index is 10.3. The summed E-state index contributed by atoms with van der Waals surface area (Å²) in [6.45, 7) is 0. The summed E-state index contributed by atoms with van der Waals surface area (Å²) in [5.41, 5.74) is -0.510. The zero-order valence-corrected chi connectivity index (χ0v) is 6.79. The maximum absolute atomic E-state index is 10.3. The van der Waals surface area contributed by atoms with E-state index in [0.29, 0.717) is 0 Å². The molecule has 0 atom stereocenters. The number of hydrogen-bond acceptors (Lipinski definition) is 4. The van der Waals surface area contributed by atoms with Gasteiger partial charge in [-0.15, -0.1) is 0 Å². The molecule has 0 saturated carbocycles. The van der Waals surface area contributed by atoms with E-state index in [1.54, 1.807) is 0 Å². The summed E-state index contributed by atoms with van der Waals surface area (Å²) in [5, 5.41) is 0. The fourth-order valence-electron chi connectivity index (χ4n) is 0.937. The van der Waals surface area contributed by atoms with Crippen LogP contribution in [0.2, 0.25) is 0 Å². The standard InChI is InChI=1S/C10H2O4/c11-3-7-1-8(4-12)10(6-14)2-9(7)5-13/h1-2H. The van der Waals surface area contributed by atoms with Gasteiger partial charge < -0.3 is 0 Å². The Morgan fingerprint density at radius 1 is 0.571 bits per heavy atom. The van der Waals surface area contributed by atoms with Crippen molar-refractivity contribution in [2.24, 2.45) is 0 Å². The lowest BCUT2D eigenvalue weighted by Crippen LogP contribution is -1.99. The van der Waals surface area contributed by atoms with Crippen molar-refractivity contribution in [3.8, 4) is 0 Å². The molecule has 0 bridgehead atoms. The third-order valence-corrected chi connectivity index (χ3v) is 1.60. The third-order valence-electron chi connectivity index (χ3n) is 1.60. The highest BCUT2D eigenvalue weighted by molar-refractivity contribution is 5.98. The van der Waals surface area contributed by atoms with Crippen LogP contribution in [0.15, 0.2) is 12.1 Å². The summed E-state index contributed by atoms with van der Waals surface area (Å²) < 4.78 is 0. The van der Waals surface area contributed by atoms with E-state index in [0.717, 1.165) is 12.1 Å². The molecular formula is C10H2O4. The first-order valence-corrected chi connectivity index (χ1v) is 3.47. The number of hydrogen-bond donors (Lipinski definition) is 0. The lowest BCUT2D eigenvalue weighted by Gasteiger charge is -1.98. The van der Waals surface area contributed by atoms with Crippen LogP contribution >= 0.6 is 0 Å². The molecule has 4 nitrogen and oxygen atoms in total. The molecule has 1 rings (SSSR count). The first-order valence-electron chi connectivity index (χ1n) is 3.47. The molecule has 14 heavy (non-hydrogen) atoms. The molecule has 0 aromatic heterocycles. The summed E-state index contributed by atoms with van der Waals surface area (Å²) >= 11 is 0. The van der Waals surface area contributed by atoms with Gasteiger partial charge in [0.2, 0.25) is 25.1 Å². The minimum absolute atomic E-state index is 0.127. The molecule has 4 heteroatoms. The second-order valence-electron chi connectivity index (χ2n) is 2.35. The Balaban J connectivity index is 3.49. The summed E-state index contributed by atoms with van der Waals surface area (Å²) in [4.78, 5) is 41.3. The molecule has 0 aliphatic heterocycles. The molecular weight excluding hydrogens is 184 g/mol. The average molecular weight is 186 g/mol. The van der Waals surface area contributed by atoms with E-state index in [1.807, 2.05) is 0 Å². The Morgan fingerprint density at radius 3 is 0.929 bits per heavy atom. The van der Waals surface area contributed by atoms with E-state index >= 15 is 0 Å². The molecule has 0 heterocycles. The van der Waals surface area contributed by atoms with Gasteiger partial charge in [0.1, 0.15) is 0 Å². The molecule has 1 aromatic rings. The monoisotopic (exact) mass is 186 g/mol. The first-order chi connectivity index (χ1) is 6.76. The van der Waals surface area contributed by atoms with Gasteiger partial charge in [-0.1, -0.05) is 0 Å². The lowest BCUT2D eigenvalue weighted by molar-refractivity contribution is 0.556. The largest absolute Gasteiger partial charge is 0.285 e. The Labute approximate surface area is 79.5 Å². The van der Waals surface area contributed by atoms with Crippen LogP contribution < -0.4 is 0 Å². The van der Waals surface area contributed by atoms with Crippen LogP contribution in [0.25, 0.3) is 0 Å². The van der Waals surface area contributed by atoms with Gasteiger partial charge in [0.15, 0.2) is 0 Å². The Hall–Kier alpha value is -2.10. The SMILES string of the molecule is O=[C]c1cc([C]=O)c([C]=O)cc1[C]=O. The predicted octanol–water partition coefficient (Wildman–Crippen LogP) is -0.482. The number of rotatable bonds is 4. The van der Waals surface area contributed by atoms with Gasteiger partial charge in [0.05, 0.1) is 0 Å². The zero-order valence-electron chi connectivity index (χ0n) is 6.79. The minimum Gasteiger partial charge on any atom is -0.285 e. The van der Waals surface area contributed by atoms with Crippen molar-refractivity contribution in [3.63, 3.8) is 0 Å². The van der Waals surface area contributed by atoms with Crippen molar-refractivity contribution in [3.05, 3.63) is 34.4 Å². The normalized spacial score (nSPS) is 9.14. The molecule has 0 N–H and O–H groups in total. The highest BCUT2D eigenvalue weighted by Crippen LogP contribution is 2.11. The number of carbonyl (C=O) groups excluding carboxylic acids is 4. The molecule has 0 amide bonds. The van der Waals surface area contributed by atoms with Crippen LogP contribution in [0, 0.1) is 0 Å². The van der Waals surface area contributed by atoms with Crippen LogP contribution in [0.4, 0.5) is 0 Å². The molecule has 0 saturated heterocycles. The van der Waals surface area contributed by atoms with Crippen molar-refractivity contribution in [1.82, 2.24) is 0 Å². The van der Waals surface area contributed by atoms with Crippen LogP contribution in [0.5, 0.6) is 0 Å². The molecule has 1 aromatic carbocycles. The third kappa shape index (κ3) is 1.64. The molecule has 0 fully saturated rings. The second-order valence-corrected chi connectivity index (χ2v) is 2.35. The lowest BCUT2D eigenvalue weighted by atomic mass is 10.0. The van der Waals surface area contributed by atoms with Crippen molar-refractivity contribution >= 4 is 25.1 Å². The molecule has 0 aliphatic rings. The van der Waals surface area contributed by atoms with Gasteiger partial charge in [-0.2, -0.15) is 0 Å². The molecule has 0 aliphatic carbocycles. The van der Waals surface area contributed by atoms with E-state index in [1.165, 1.54) is 25.1 Å². The van der Waals surface area contributed by atoms with Crippen molar-refractivity contribution in [1.29, 1.82) is 0 Å².